The number of nitrogens with one attached hydrogen (secondary N) is 2. The lowest BCUT2D eigenvalue weighted by Gasteiger charge is -2.30. The van der Waals surface area contributed by atoms with Crippen LogP contribution in [-0.4, -0.2) is 65.1 Å². The van der Waals surface area contributed by atoms with Crippen LogP contribution in [0.1, 0.15) is 64.7 Å². The largest absolute Gasteiger partial charge is 0.338 e. The standard InChI is InChI=1S/C20H34N4O5/c1-2-3-10-21-20(28)22-18(26)17-9-6-11-24(17)19(27)16(13-23(29)14-25)12-15-7-4-5-8-15/h14-17,29H,2-13H2,1H3,(H2,21,22,26,28)/t16-,17+/m1/s1. The molecule has 1 aliphatic carbocycles. The molecule has 1 aliphatic heterocycles. The van der Waals surface area contributed by atoms with Crippen LogP contribution in [-0.2, 0) is 14.4 Å². The second-order valence-corrected chi connectivity index (χ2v) is 8.10. The molecule has 9 heteroatoms. The zero-order valence-electron chi connectivity index (χ0n) is 17.3. The Morgan fingerprint density at radius 2 is 1.93 bits per heavy atom. The number of carbonyl (C=O) groups is 4. The molecular formula is C20H34N4O5. The lowest BCUT2D eigenvalue weighted by molar-refractivity contribution is -0.158. The van der Waals surface area contributed by atoms with E-state index in [9.17, 15) is 24.4 Å². The summed E-state index contributed by atoms with van der Waals surface area (Å²) in [5.74, 6) is -0.883. The Labute approximate surface area is 172 Å². The predicted octanol–water partition coefficient (Wildman–Crippen LogP) is 1.65. The second kappa shape index (κ2) is 11.7. The van der Waals surface area contributed by atoms with E-state index in [-0.39, 0.29) is 12.5 Å². The highest BCUT2D eigenvalue weighted by Crippen LogP contribution is 2.32. The SMILES string of the molecule is CCCCNC(=O)NC(=O)[C@@H]1CCCN1C(=O)[C@H](CC1CCCC1)CN(O)C=O. The first-order valence-corrected chi connectivity index (χ1v) is 10.8. The number of carbonyl (C=O) groups excluding carboxylic acids is 4. The van der Waals surface area contributed by atoms with Gasteiger partial charge in [0.05, 0.1) is 12.5 Å². The summed E-state index contributed by atoms with van der Waals surface area (Å²) in [4.78, 5) is 50.0. The van der Waals surface area contributed by atoms with Crippen LogP contribution in [0, 0.1) is 11.8 Å². The minimum Gasteiger partial charge on any atom is -0.338 e. The Balaban J connectivity index is 1.99. The number of amides is 5. The highest BCUT2D eigenvalue weighted by atomic mass is 16.5. The van der Waals surface area contributed by atoms with Gasteiger partial charge in [-0.25, -0.2) is 9.86 Å². The molecule has 29 heavy (non-hydrogen) atoms. The zero-order valence-corrected chi connectivity index (χ0v) is 17.3. The third-order valence-electron chi connectivity index (χ3n) is 5.86. The van der Waals surface area contributed by atoms with Gasteiger partial charge in [0.1, 0.15) is 6.04 Å². The van der Waals surface area contributed by atoms with Gasteiger partial charge in [-0.3, -0.25) is 24.9 Å². The Bertz CT molecular complexity index is 579. The number of likely N-dealkylation sites (tertiary alicyclic amines) is 1. The van der Waals surface area contributed by atoms with E-state index in [4.69, 9.17) is 0 Å². The van der Waals surface area contributed by atoms with Gasteiger partial charge >= 0.3 is 6.03 Å². The highest BCUT2D eigenvalue weighted by molar-refractivity contribution is 5.99. The first kappa shape index (κ1) is 23.1. The molecule has 1 saturated heterocycles. The Morgan fingerprint density at radius 3 is 2.59 bits per heavy atom. The molecule has 0 radical (unpaired) electrons. The molecule has 2 atom stereocenters. The van der Waals surface area contributed by atoms with Crippen molar-refractivity contribution in [2.45, 2.75) is 70.8 Å². The van der Waals surface area contributed by atoms with Gasteiger partial charge in [-0.1, -0.05) is 39.0 Å². The van der Waals surface area contributed by atoms with E-state index in [2.05, 4.69) is 10.6 Å². The number of nitrogens with zero attached hydrogens (tertiary/aromatic N) is 2. The van der Waals surface area contributed by atoms with Gasteiger partial charge < -0.3 is 10.2 Å². The molecular weight excluding hydrogens is 376 g/mol. The molecule has 0 aromatic carbocycles. The van der Waals surface area contributed by atoms with Gasteiger partial charge in [0.15, 0.2) is 0 Å². The van der Waals surface area contributed by atoms with Gasteiger partial charge in [0.2, 0.25) is 12.3 Å². The molecule has 1 heterocycles. The number of hydroxylamine groups is 2. The molecule has 0 aromatic rings. The molecule has 0 bridgehead atoms. The molecule has 0 spiro atoms. The summed E-state index contributed by atoms with van der Waals surface area (Å²) in [5.41, 5.74) is 0. The number of hydrogen-bond acceptors (Lipinski definition) is 5. The van der Waals surface area contributed by atoms with Crippen LogP contribution >= 0.6 is 0 Å². The van der Waals surface area contributed by atoms with Gasteiger partial charge in [-0.05, 0) is 31.6 Å². The number of rotatable bonds is 10. The highest BCUT2D eigenvalue weighted by Gasteiger charge is 2.39. The van der Waals surface area contributed by atoms with E-state index >= 15 is 0 Å². The van der Waals surface area contributed by atoms with Gasteiger partial charge in [0.25, 0.3) is 5.91 Å². The second-order valence-electron chi connectivity index (χ2n) is 8.10. The maximum Gasteiger partial charge on any atom is 0.321 e. The third kappa shape index (κ3) is 6.99. The number of imide groups is 1. The molecule has 0 unspecified atom stereocenters. The fourth-order valence-corrected chi connectivity index (χ4v) is 4.33. The number of unbranched alkanes of at least 4 members (excludes halogenated alkanes) is 1. The quantitative estimate of drug-likeness (QED) is 0.219. The van der Waals surface area contributed by atoms with Crippen molar-refractivity contribution in [1.29, 1.82) is 0 Å². The average Bonchev–Trinajstić information content (AvgIpc) is 3.38. The summed E-state index contributed by atoms with van der Waals surface area (Å²) in [6.07, 6.45) is 8.15. The van der Waals surface area contributed by atoms with E-state index in [1.54, 1.807) is 0 Å². The zero-order chi connectivity index (χ0) is 21.2. The van der Waals surface area contributed by atoms with Crippen molar-refractivity contribution in [3.05, 3.63) is 0 Å². The molecule has 9 nitrogen and oxygen atoms in total. The summed E-state index contributed by atoms with van der Waals surface area (Å²) in [5, 5.41) is 15.1. The number of hydrogen-bond donors (Lipinski definition) is 3. The van der Waals surface area contributed by atoms with Crippen molar-refractivity contribution in [3.8, 4) is 0 Å². The van der Waals surface area contributed by atoms with E-state index in [1.807, 2.05) is 6.92 Å². The Hall–Kier alpha value is -2.16. The minimum absolute atomic E-state index is 0.0822. The summed E-state index contributed by atoms with van der Waals surface area (Å²) in [6, 6.07) is -1.25. The van der Waals surface area contributed by atoms with E-state index in [0.29, 0.717) is 49.7 Å². The van der Waals surface area contributed by atoms with Crippen LogP contribution in [0.2, 0.25) is 0 Å². The van der Waals surface area contributed by atoms with Crippen LogP contribution in [0.15, 0.2) is 0 Å². The fraction of sp³-hybridized carbons (Fsp3) is 0.800. The maximum absolute atomic E-state index is 13.2. The molecule has 164 valence electrons. The smallest absolute Gasteiger partial charge is 0.321 e. The van der Waals surface area contributed by atoms with E-state index < -0.39 is 23.9 Å². The van der Waals surface area contributed by atoms with Crippen molar-refractivity contribution < 1.29 is 24.4 Å². The Morgan fingerprint density at radius 1 is 1.21 bits per heavy atom. The van der Waals surface area contributed by atoms with Crippen LogP contribution in [0.4, 0.5) is 4.79 Å². The fourth-order valence-electron chi connectivity index (χ4n) is 4.33. The van der Waals surface area contributed by atoms with E-state index in [1.165, 1.54) is 4.90 Å². The summed E-state index contributed by atoms with van der Waals surface area (Å²) >= 11 is 0. The van der Waals surface area contributed by atoms with Crippen LogP contribution in [0.3, 0.4) is 0 Å². The van der Waals surface area contributed by atoms with Crippen LogP contribution in [0.5, 0.6) is 0 Å². The molecule has 5 amide bonds. The van der Waals surface area contributed by atoms with Crippen molar-refractivity contribution >= 4 is 24.3 Å². The first-order valence-electron chi connectivity index (χ1n) is 10.8. The third-order valence-corrected chi connectivity index (χ3v) is 5.86. The lowest BCUT2D eigenvalue weighted by atomic mass is 9.91. The molecule has 0 aromatic heterocycles. The van der Waals surface area contributed by atoms with Crippen molar-refractivity contribution in [1.82, 2.24) is 20.6 Å². The van der Waals surface area contributed by atoms with E-state index in [0.717, 1.165) is 38.5 Å². The maximum atomic E-state index is 13.2. The summed E-state index contributed by atoms with van der Waals surface area (Å²) < 4.78 is 0. The molecule has 3 N–H and O–H groups in total. The normalized spacial score (nSPS) is 20.3. The molecule has 2 rings (SSSR count). The van der Waals surface area contributed by atoms with Gasteiger partial charge in [0, 0.05) is 13.1 Å². The lowest BCUT2D eigenvalue weighted by Crippen LogP contribution is -2.52. The van der Waals surface area contributed by atoms with Crippen molar-refractivity contribution in [2.24, 2.45) is 11.8 Å². The first-order chi connectivity index (χ1) is 14.0. The molecule has 2 fully saturated rings. The topological polar surface area (TPSA) is 119 Å². The molecule has 2 aliphatic rings. The number of urea groups is 1. The van der Waals surface area contributed by atoms with Crippen LogP contribution < -0.4 is 10.6 Å². The summed E-state index contributed by atoms with van der Waals surface area (Å²) in [7, 11) is 0. The monoisotopic (exact) mass is 410 g/mol. The molecule has 1 saturated carbocycles. The minimum atomic E-state index is -0.700. The average molecular weight is 411 g/mol. The van der Waals surface area contributed by atoms with Crippen LogP contribution in [0.25, 0.3) is 0 Å². The van der Waals surface area contributed by atoms with Gasteiger partial charge in [-0.15, -0.1) is 0 Å². The van der Waals surface area contributed by atoms with Crippen molar-refractivity contribution in [3.63, 3.8) is 0 Å². The predicted molar refractivity (Wildman–Crippen MR) is 106 cm³/mol. The van der Waals surface area contributed by atoms with Crippen molar-refractivity contribution in [2.75, 3.05) is 19.6 Å². The Kier molecular flexibility index (Phi) is 9.37. The van der Waals surface area contributed by atoms with Gasteiger partial charge in [-0.2, -0.15) is 0 Å². The summed E-state index contributed by atoms with van der Waals surface area (Å²) in [6.45, 7) is 2.85.